The molecule has 0 radical (unpaired) electrons. The van der Waals surface area contributed by atoms with Crippen LogP contribution in [0.1, 0.15) is 40.0 Å². The molecular weight excluding hydrogens is 339 g/mol. The number of halogens is 1. The maximum atomic E-state index is 5.85. The van der Waals surface area contributed by atoms with E-state index in [9.17, 15) is 0 Å². The zero-order chi connectivity index (χ0) is 12.7. The molecule has 2 unspecified atom stereocenters. The first-order chi connectivity index (χ1) is 8.15. The van der Waals surface area contributed by atoms with Gasteiger partial charge in [-0.2, -0.15) is 0 Å². The summed E-state index contributed by atoms with van der Waals surface area (Å²) in [5, 5.41) is 3.20. The van der Waals surface area contributed by atoms with Crippen LogP contribution in [0.3, 0.4) is 0 Å². The van der Waals surface area contributed by atoms with E-state index in [0.29, 0.717) is 17.9 Å². The molecule has 1 aliphatic heterocycles. The number of nitrogens with one attached hydrogen (secondary N) is 1. The Hall–Kier alpha value is -0.0400. The molecule has 0 aliphatic carbocycles. The summed E-state index contributed by atoms with van der Waals surface area (Å²) in [7, 11) is 0. The molecule has 1 saturated heterocycles. The molecule has 0 aromatic heterocycles. The number of nitrogens with two attached hydrogens (primary N) is 1. The van der Waals surface area contributed by atoms with Gasteiger partial charge in [-0.05, 0) is 45.2 Å². The number of nitrogens with zero attached hydrogens (tertiary/aromatic N) is 2. The predicted molar refractivity (Wildman–Crippen MR) is 89.6 cm³/mol. The quantitative estimate of drug-likeness (QED) is 0.429. The second-order valence-corrected chi connectivity index (χ2v) is 5.13. The van der Waals surface area contributed by atoms with Gasteiger partial charge in [-0.3, -0.25) is 4.99 Å². The minimum Gasteiger partial charge on any atom is -0.370 e. The lowest BCUT2D eigenvalue weighted by Gasteiger charge is -2.14. The van der Waals surface area contributed by atoms with Crippen LogP contribution in [-0.2, 0) is 0 Å². The predicted octanol–water partition coefficient (Wildman–Crippen LogP) is 2.04. The molecule has 1 fully saturated rings. The van der Waals surface area contributed by atoms with Crippen LogP contribution in [0.15, 0.2) is 4.99 Å². The molecule has 2 atom stereocenters. The first-order valence-electron chi connectivity index (χ1n) is 6.94. The minimum absolute atomic E-state index is 0. The molecule has 0 aromatic carbocycles. The van der Waals surface area contributed by atoms with E-state index in [1.54, 1.807) is 0 Å². The summed E-state index contributed by atoms with van der Waals surface area (Å²) in [6, 6.07) is 0.416. The smallest absolute Gasteiger partial charge is 0.188 e. The number of hydrogen-bond acceptors (Lipinski definition) is 2. The van der Waals surface area contributed by atoms with E-state index < -0.39 is 0 Å². The van der Waals surface area contributed by atoms with Crippen LogP contribution < -0.4 is 11.1 Å². The Morgan fingerprint density at radius 2 is 2.22 bits per heavy atom. The average molecular weight is 368 g/mol. The fraction of sp³-hybridized carbons (Fsp3) is 0.923. The van der Waals surface area contributed by atoms with E-state index >= 15 is 0 Å². The highest BCUT2D eigenvalue weighted by atomic mass is 127. The van der Waals surface area contributed by atoms with Crippen molar-refractivity contribution in [3.8, 4) is 0 Å². The van der Waals surface area contributed by atoms with Gasteiger partial charge in [0.2, 0.25) is 0 Å². The standard InChI is InChI=1S/C13H28N4.HI/c1-4-7-17-8-6-12(10-17)9-15-13(14)16-11(3)5-2;/h11-12H,4-10H2,1-3H3,(H3,14,15,16);1H. The normalized spacial score (nSPS) is 22.6. The van der Waals surface area contributed by atoms with Crippen LogP contribution in [0.25, 0.3) is 0 Å². The van der Waals surface area contributed by atoms with Gasteiger partial charge < -0.3 is 16.0 Å². The molecule has 0 bridgehead atoms. The second kappa shape index (κ2) is 9.83. The van der Waals surface area contributed by atoms with E-state index in [1.165, 1.54) is 32.5 Å². The van der Waals surface area contributed by atoms with Crippen molar-refractivity contribution in [3.05, 3.63) is 0 Å². The summed E-state index contributed by atoms with van der Waals surface area (Å²) in [4.78, 5) is 6.97. The number of guanidine groups is 1. The van der Waals surface area contributed by atoms with E-state index in [-0.39, 0.29) is 24.0 Å². The van der Waals surface area contributed by atoms with Crippen LogP contribution in [-0.4, -0.2) is 43.1 Å². The van der Waals surface area contributed by atoms with Crippen molar-refractivity contribution >= 4 is 29.9 Å². The fourth-order valence-corrected chi connectivity index (χ4v) is 2.21. The van der Waals surface area contributed by atoms with Gasteiger partial charge >= 0.3 is 0 Å². The van der Waals surface area contributed by atoms with Crippen LogP contribution in [0.5, 0.6) is 0 Å². The van der Waals surface area contributed by atoms with E-state index in [4.69, 9.17) is 5.73 Å². The van der Waals surface area contributed by atoms with Gasteiger partial charge in [0.05, 0.1) is 0 Å². The Morgan fingerprint density at radius 1 is 1.50 bits per heavy atom. The summed E-state index contributed by atoms with van der Waals surface area (Å²) < 4.78 is 0. The molecule has 18 heavy (non-hydrogen) atoms. The second-order valence-electron chi connectivity index (χ2n) is 5.13. The van der Waals surface area contributed by atoms with Crippen molar-refractivity contribution in [2.75, 3.05) is 26.2 Å². The fourth-order valence-electron chi connectivity index (χ4n) is 2.21. The van der Waals surface area contributed by atoms with Crippen molar-refractivity contribution in [2.45, 2.75) is 46.1 Å². The Morgan fingerprint density at radius 3 is 2.83 bits per heavy atom. The molecule has 5 heteroatoms. The van der Waals surface area contributed by atoms with Crippen LogP contribution >= 0.6 is 24.0 Å². The number of rotatable bonds is 6. The summed E-state index contributed by atoms with van der Waals surface area (Å²) in [5.41, 5.74) is 5.85. The topological polar surface area (TPSA) is 53.6 Å². The Balaban J connectivity index is 0.00000289. The highest BCUT2D eigenvalue weighted by Crippen LogP contribution is 2.16. The first kappa shape index (κ1) is 18.0. The molecule has 0 saturated carbocycles. The molecule has 1 heterocycles. The van der Waals surface area contributed by atoms with Crippen molar-refractivity contribution < 1.29 is 0 Å². The highest BCUT2D eigenvalue weighted by molar-refractivity contribution is 14.0. The highest BCUT2D eigenvalue weighted by Gasteiger charge is 2.21. The average Bonchev–Trinajstić information content (AvgIpc) is 2.74. The molecule has 1 aliphatic rings. The molecule has 1 rings (SSSR count). The van der Waals surface area contributed by atoms with Gasteiger partial charge in [0.25, 0.3) is 0 Å². The van der Waals surface area contributed by atoms with Gasteiger partial charge in [0.1, 0.15) is 0 Å². The number of likely N-dealkylation sites (tertiary alicyclic amines) is 1. The van der Waals surface area contributed by atoms with Crippen molar-refractivity contribution in [1.82, 2.24) is 10.2 Å². The monoisotopic (exact) mass is 368 g/mol. The summed E-state index contributed by atoms with van der Waals surface area (Å²) in [6.45, 7) is 11.0. The minimum atomic E-state index is 0. The molecule has 0 aromatic rings. The van der Waals surface area contributed by atoms with Crippen LogP contribution in [0.4, 0.5) is 0 Å². The van der Waals surface area contributed by atoms with Crippen molar-refractivity contribution in [3.63, 3.8) is 0 Å². The Labute approximate surface area is 129 Å². The molecule has 3 N–H and O–H groups in total. The third-order valence-corrected chi connectivity index (χ3v) is 3.44. The van der Waals surface area contributed by atoms with Gasteiger partial charge in [-0.1, -0.05) is 13.8 Å². The molecular formula is C13H29IN4. The zero-order valence-corrected chi connectivity index (χ0v) is 14.3. The van der Waals surface area contributed by atoms with Gasteiger partial charge in [0.15, 0.2) is 5.96 Å². The van der Waals surface area contributed by atoms with E-state index in [2.05, 4.69) is 36.0 Å². The van der Waals surface area contributed by atoms with Crippen molar-refractivity contribution in [2.24, 2.45) is 16.6 Å². The van der Waals surface area contributed by atoms with Crippen LogP contribution in [0, 0.1) is 5.92 Å². The van der Waals surface area contributed by atoms with Gasteiger partial charge in [0, 0.05) is 19.1 Å². The lowest BCUT2D eigenvalue weighted by atomic mass is 10.1. The molecule has 0 spiro atoms. The summed E-state index contributed by atoms with van der Waals surface area (Å²) >= 11 is 0. The van der Waals surface area contributed by atoms with E-state index in [0.717, 1.165) is 13.0 Å². The maximum Gasteiger partial charge on any atom is 0.188 e. The largest absolute Gasteiger partial charge is 0.370 e. The SMILES string of the molecule is CCCN1CCC(CN=C(N)NC(C)CC)C1.I. The van der Waals surface area contributed by atoms with Gasteiger partial charge in [-0.25, -0.2) is 0 Å². The summed E-state index contributed by atoms with van der Waals surface area (Å²) in [5.74, 6) is 1.30. The van der Waals surface area contributed by atoms with Crippen molar-refractivity contribution in [1.29, 1.82) is 0 Å². The zero-order valence-electron chi connectivity index (χ0n) is 12.0. The summed E-state index contributed by atoms with van der Waals surface area (Å²) in [6.07, 6.45) is 3.58. The molecule has 0 amide bonds. The number of aliphatic imine (C=N–C) groups is 1. The number of hydrogen-bond donors (Lipinski definition) is 2. The first-order valence-corrected chi connectivity index (χ1v) is 6.94. The lowest BCUT2D eigenvalue weighted by molar-refractivity contribution is 0.326. The molecule has 108 valence electrons. The third-order valence-electron chi connectivity index (χ3n) is 3.44. The van der Waals surface area contributed by atoms with Crippen LogP contribution in [0.2, 0.25) is 0 Å². The maximum absolute atomic E-state index is 5.85. The van der Waals surface area contributed by atoms with Gasteiger partial charge in [-0.15, -0.1) is 24.0 Å². The third kappa shape index (κ3) is 6.78. The van der Waals surface area contributed by atoms with E-state index in [1.807, 2.05) is 0 Å². The Kier molecular flexibility index (Phi) is 9.81. The molecule has 4 nitrogen and oxygen atoms in total. The lowest BCUT2D eigenvalue weighted by Crippen LogP contribution is -2.38. The Bertz CT molecular complexity index is 245.